The molecule has 1 aromatic heterocycles. The molecule has 10 nitrogen and oxygen atoms in total. The summed E-state index contributed by atoms with van der Waals surface area (Å²) in [4.78, 5) is 33.9. The number of fused-ring (bicyclic) bond motifs is 1. The van der Waals surface area contributed by atoms with Crippen molar-refractivity contribution in [1.29, 1.82) is 0 Å². The maximum absolute atomic E-state index is 12.0. The van der Waals surface area contributed by atoms with Crippen molar-refractivity contribution in [3.05, 3.63) is 68.5 Å². The van der Waals surface area contributed by atoms with Gasteiger partial charge in [0.05, 0.1) is 16.7 Å². The Labute approximate surface area is 164 Å². The molecular weight excluding hydrogens is 378 g/mol. The van der Waals surface area contributed by atoms with Gasteiger partial charge in [0.15, 0.2) is 11.6 Å². The zero-order valence-corrected chi connectivity index (χ0v) is 15.3. The number of aromatic amines is 1. The zero-order chi connectivity index (χ0) is 20.8. The highest BCUT2D eigenvalue weighted by Crippen LogP contribution is 2.26. The maximum atomic E-state index is 12.0. The number of hydrogen-bond donors (Lipinski definition) is 4. The van der Waals surface area contributed by atoms with Crippen molar-refractivity contribution in [2.24, 2.45) is 0 Å². The van der Waals surface area contributed by atoms with Gasteiger partial charge in [0.25, 0.3) is 5.56 Å². The van der Waals surface area contributed by atoms with E-state index in [1.807, 2.05) is 6.07 Å². The number of anilines is 1. The number of H-pyrrole nitrogens is 1. The molecule has 1 amide bonds. The number of carbonyl (C=O) groups excluding carboxylic acids is 1. The second-order valence-electron chi connectivity index (χ2n) is 6.33. The van der Waals surface area contributed by atoms with E-state index >= 15 is 0 Å². The Balaban J connectivity index is 1.47. The molecule has 1 heterocycles. The van der Waals surface area contributed by atoms with Gasteiger partial charge in [-0.15, -0.1) is 0 Å². The van der Waals surface area contributed by atoms with Crippen LogP contribution in [0.25, 0.3) is 10.8 Å². The third-order valence-electron chi connectivity index (χ3n) is 4.27. The van der Waals surface area contributed by atoms with E-state index in [1.54, 1.807) is 18.2 Å². The predicted octanol–water partition coefficient (Wildman–Crippen LogP) is 1.70. The first kappa shape index (κ1) is 19.8. The molecule has 4 N–H and O–H groups in total. The molecular formula is C19H19N5O5. The van der Waals surface area contributed by atoms with E-state index in [2.05, 4.69) is 20.8 Å². The van der Waals surface area contributed by atoms with Crippen LogP contribution in [0.5, 0.6) is 5.75 Å². The molecule has 0 bridgehead atoms. The summed E-state index contributed by atoms with van der Waals surface area (Å²) in [5, 5.41) is 33.9. The Kier molecular flexibility index (Phi) is 6.03. The van der Waals surface area contributed by atoms with Gasteiger partial charge < -0.3 is 15.7 Å². The molecule has 150 valence electrons. The van der Waals surface area contributed by atoms with Crippen LogP contribution >= 0.6 is 0 Å². The van der Waals surface area contributed by atoms with E-state index in [4.69, 9.17) is 0 Å². The molecule has 29 heavy (non-hydrogen) atoms. The molecule has 3 aromatic rings. The highest BCUT2D eigenvalue weighted by Gasteiger charge is 2.15. The molecule has 0 fully saturated rings. The van der Waals surface area contributed by atoms with Gasteiger partial charge in [0.2, 0.25) is 5.91 Å². The van der Waals surface area contributed by atoms with Crippen LogP contribution in [-0.4, -0.2) is 39.2 Å². The summed E-state index contributed by atoms with van der Waals surface area (Å²) < 4.78 is 0. The van der Waals surface area contributed by atoms with Crippen LogP contribution in [0.15, 0.2) is 47.3 Å². The van der Waals surface area contributed by atoms with Crippen molar-refractivity contribution in [3.8, 4) is 5.75 Å². The number of benzene rings is 2. The summed E-state index contributed by atoms with van der Waals surface area (Å²) in [7, 11) is 0. The molecule has 0 saturated heterocycles. The number of nitrogens with zero attached hydrogens (tertiary/aromatic N) is 2. The van der Waals surface area contributed by atoms with Crippen molar-refractivity contribution in [2.45, 2.75) is 12.8 Å². The van der Waals surface area contributed by atoms with E-state index in [0.29, 0.717) is 41.7 Å². The van der Waals surface area contributed by atoms with Crippen LogP contribution in [0.4, 0.5) is 11.5 Å². The fraction of sp³-hybridized carbons (Fsp3) is 0.211. The number of phenols is 1. The highest BCUT2D eigenvalue weighted by molar-refractivity contribution is 5.90. The standard InChI is InChI=1S/C19H19N5O5/c25-16-7-6-12(10-15(16)24(28)29)11-17(26)20-8-3-9-21-18-13-4-1-2-5-14(13)19(27)23-22-18/h1-2,4-7,10,25H,3,8-9,11H2,(H,20,26)(H,21,22)(H,23,27). The van der Waals surface area contributed by atoms with E-state index < -0.39 is 16.4 Å². The Morgan fingerprint density at radius 2 is 1.93 bits per heavy atom. The van der Waals surface area contributed by atoms with Crippen molar-refractivity contribution >= 4 is 28.2 Å². The Morgan fingerprint density at radius 3 is 2.69 bits per heavy atom. The maximum Gasteiger partial charge on any atom is 0.310 e. The predicted molar refractivity (Wildman–Crippen MR) is 107 cm³/mol. The van der Waals surface area contributed by atoms with Gasteiger partial charge in [-0.05, 0) is 24.1 Å². The lowest BCUT2D eigenvalue weighted by atomic mass is 10.1. The van der Waals surface area contributed by atoms with Crippen molar-refractivity contribution in [1.82, 2.24) is 15.5 Å². The average molecular weight is 397 g/mol. The molecule has 10 heteroatoms. The lowest BCUT2D eigenvalue weighted by Crippen LogP contribution is -2.27. The minimum Gasteiger partial charge on any atom is -0.502 e. The number of carbonyl (C=O) groups is 1. The van der Waals surface area contributed by atoms with E-state index in [1.165, 1.54) is 18.2 Å². The monoisotopic (exact) mass is 397 g/mol. The number of aromatic nitrogens is 2. The van der Waals surface area contributed by atoms with Crippen LogP contribution in [0.2, 0.25) is 0 Å². The first-order chi connectivity index (χ1) is 14.0. The molecule has 0 radical (unpaired) electrons. The van der Waals surface area contributed by atoms with Gasteiger partial charge in [-0.3, -0.25) is 19.7 Å². The minimum absolute atomic E-state index is 0.0271. The van der Waals surface area contributed by atoms with Gasteiger partial charge in [-0.2, -0.15) is 5.10 Å². The number of aromatic hydroxyl groups is 1. The Bertz CT molecular complexity index is 1110. The first-order valence-electron chi connectivity index (χ1n) is 8.90. The highest BCUT2D eigenvalue weighted by atomic mass is 16.6. The Morgan fingerprint density at radius 1 is 1.17 bits per heavy atom. The molecule has 0 aliphatic heterocycles. The SMILES string of the molecule is O=C(Cc1ccc(O)c([N+](=O)[O-])c1)NCCCNc1n[nH]c(=O)c2ccccc12. The largest absolute Gasteiger partial charge is 0.502 e. The zero-order valence-electron chi connectivity index (χ0n) is 15.3. The summed E-state index contributed by atoms with van der Waals surface area (Å²) in [5.74, 6) is -0.158. The van der Waals surface area contributed by atoms with Gasteiger partial charge >= 0.3 is 5.69 Å². The lowest BCUT2D eigenvalue weighted by molar-refractivity contribution is -0.385. The number of nitro groups is 1. The summed E-state index contributed by atoms with van der Waals surface area (Å²) in [5.41, 5.74) is -0.248. The number of nitro benzene ring substituents is 1. The minimum atomic E-state index is -0.697. The van der Waals surface area contributed by atoms with Crippen LogP contribution in [0.1, 0.15) is 12.0 Å². The topological polar surface area (TPSA) is 150 Å². The van der Waals surface area contributed by atoms with Crippen LogP contribution in [0, 0.1) is 10.1 Å². The second kappa shape index (κ2) is 8.83. The molecule has 0 spiro atoms. The summed E-state index contributed by atoms with van der Waals surface area (Å²) in [6.07, 6.45) is 0.581. The van der Waals surface area contributed by atoms with Crippen molar-refractivity contribution < 1.29 is 14.8 Å². The van der Waals surface area contributed by atoms with E-state index in [-0.39, 0.29) is 17.9 Å². The van der Waals surface area contributed by atoms with E-state index in [0.717, 1.165) is 0 Å². The van der Waals surface area contributed by atoms with Crippen LogP contribution in [0.3, 0.4) is 0 Å². The van der Waals surface area contributed by atoms with Gasteiger partial charge in [0.1, 0.15) is 0 Å². The molecule has 0 saturated carbocycles. The van der Waals surface area contributed by atoms with Gasteiger partial charge in [-0.25, -0.2) is 5.10 Å². The molecule has 2 aromatic carbocycles. The molecule has 0 aliphatic rings. The fourth-order valence-corrected chi connectivity index (χ4v) is 2.85. The number of amides is 1. The first-order valence-corrected chi connectivity index (χ1v) is 8.90. The fourth-order valence-electron chi connectivity index (χ4n) is 2.85. The third-order valence-corrected chi connectivity index (χ3v) is 4.27. The molecule has 0 unspecified atom stereocenters. The lowest BCUT2D eigenvalue weighted by Gasteiger charge is -2.09. The number of phenolic OH excluding ortho intramolecular Hbond substituents is 1. The summed E-state index contributed by atoms with van der Waals surface area (Å²) >= 11 is 0. The summed E-state index contributed by atoms with van der Waals surface area (Å²) in [6.45, 7) is 0.918. The van der Waals surface area contributed by atoms with E-state index in [9.17, 15) is 24.8 Å². The van der Waals surface area contributed by atoms with Crippen molar-refractivity contribution in [2.75, 3.05) is 18.4 Å². The quantitative estimate of drug-likeness (QED) is 0.257. The molecule has 3 rings (SSSR count). The average Bonchev–Trinajstić information content (AvgIpc) is 2.71. The van der Waals surface area contributed by atoms with Gasteiger partial charge in [0, 0.05) is 24.5 Å². The van der Waals surface area contributed by atoms with Crippen LogP contribution < -0.4 is 16.2 Å². The third kappa shape index (κ3) is 4.86. The second-order valence-corrected chi connectivity index (χ2v) is 6.33. The Hall–Kier alpha value is -3.95. The number of hydrogen-bond acceptors (Lipinski definition) is 7. The normalized spacial score (nSPS) is 10.6. The molecule has 0 aliphatic carbocycles. The van der Waals surface area contributed by atoms with Crippen molar-refractivity contribution in [3.63, 3.8) is 0 Å². The summed E-state index contributed by atoms with van der Waals surface area (Å²) in [6, 6.07) is 11.0. The smallest absolute Gasteiger partial charge is 0.310 e. The van der Waals surface area contributed by atoms with Gasteiger partial charge in [-0.1, -0.05) is 24.3 Å². The number of nitrogens with one attached hydrogen (secondary N) is 3. The number of rotatable bonds is 8. The van der Waals surface area contributed by atoms with Crippen LogP contribution in [-0.2, 0) is 11.2 Å². The molecule has 0 atom stereocenters.